The van der Waals surface area contributed by atoms with E-state index in [2.05, 4.69) is 5.32 Å². The molecule has 0 aromatic heterocycles. The van der Waals surface area contributed by atoms with E-state index >= 15 is 0 Å². The van der Waals surface area contributed by atoms with Crippen LogP contribution >= 0.6 is 11.8 Å². The summed E-state index contributed by atoms with van der Waals surface area (Å²) in [4.78, 5) is 24.3. The summed E-state index contributed by atoms with van der Waals surface area (Å²) in [5, 5.41) is 3.08. The van der Waals surface area contributed by atoms with Crippen LogP contribution in [0.3, 0.4) is 0 Å². The third-order valence-electron chi connectivity index (χ3n) is 2.25. The Hall–Kier alpha value is -0.750. The van der Waals surface area contributed by atoms with Gasteiger partial charge >= 0.3 is 0 Å². The van der Waals surface area contributed by atoms with Crippen LogP contribution in [0, 0.1) is 0 Å². The van der Waals surface area contributed by atoms with Crippen molar-refractivity contribution in [2.24, 2.45) is 5.73 Å². The highest BCUT2D eigenvalue weighted by atomic mass is 32.2. The van der Waals surface area contributed by atoms with Crippen molar-refractivity contribution in [1.29, 1.82) is 0 Å². The highest BCUT2D eigenvalue weighted by molar-refractivity contribution is 7.99. The van der Waals surface area contributed by atoms with Gasteiger partial charge in [-0.1, -0.05) is 0 Å². The van der Waals surface area contributed by atoms with Gasteiger partial charge in [-0.05, 0) is 13.8 Å². The molecular formula is C9H17N3O2S. The molecule has 5 nitrogen and oxygen atoms in total. The van der Waals surface area contributed by atoms with Crippen molar-refractivity contribution in [1.82, 2.24) is 10.2 Å². The number of rotatable bonds is 4. The van der Waals surface area contributed by atoms with E-state index in [4.69, 9.17) is 5.73 Å². The molecule has 0 bridgehead atoms. The predicted octanol–water partition coefficient (Wildman–Crippen LogP) is -0.629. The first-order chi connectivity index (χ1) is 7.02. The Bertz CT molecular complexity index is 252. The van der Waals surface area contributed by atoms with E-state index in [0.29, 0.717) is 0 Å². The van der Waals surface area contributed by atoms with Gasteiger partial charge < -0.3 is 10.6 Å². The summed E-state index contributed by atoms with van der Waals surface area (Å²) < 4.78 is 0. The van der Waals surface area contributed by atoms with Gasteiger partial charge in [0.2, 0.25) is 11.8 Å². The molecule has 1 atom stereocenters. The maximum Gasteiger partial charge on any atom is 0.241 e. The number of thioether (sulfide) groups is 1. The maximum absolute atomic E-state index is 12.0. The Morgan fingerprint density at radius 2 is 2.27 bits per heavy atom. The van der Waals surface area contributed by atoms with E-state index in [1.54, 1.807) is 11.8 Å². The summed E-state index contributed by atoms with van der Waals surface area (Å²) in [6, 6.07) is -0.172. The van der Waals surface area contributed by atoms with Crippen molar-refractivity contribution in [3.8, 4) is 0 Å². The molecule has 0 aliphatic carbocycles. The summed E-state index contributed by atoms with van der Waals surface area (Å²) in [5.41, 5.74) is 5.11. The fourth-order valence-corrected chi connectivity index (χ4v) is 2.37. The van der Waals surface area contributed by atoms with Gasteiger partial charge in [-0.25, -0.2) is 0 Å². The van der Waals surface area contributed by atoms with Crippen LogP contribution in [0.4, 0.5) is 0 Å². The van der Waals surface area contributed by atoms with E-state index in [9.17, 15) is 9.59 Å². The van der Waals surface area contributed by atoms with Crippen LogP contribution in [-0.2, 0) is 9.59 Å². The minimum atomic E-state index is -0.470. The van der Waals surface area contributed by atoms with Crippen LogP contribution < -0.4 is 11.1 Å². The first-order valence-corrected chi connectivity index (χ1v) is 6.07. The van der Waals surface area contributed by atoms with Crippen LogP contribution in [0.25, 0.3) is 0 Å². The van der Waals surface area contributed by atoms with Gasteiger partial charge in [-0.15, -0.1) is 11.8 Å². The van der Waals surface area contributed by atoms with Gasteiger partial charge in [0.15, 0.2) is 0 Å². The van der Waals surface area contributed by atoms with Gasteiger partial charge in [0.05, 0.1) is 12.6 Å². The fourth-order valence-electron chi connectivity index (χ4n) is 1.44. The molecule has 6 heteroatoms. The number of primary amides is 1. The molecule has 3 N–H and O–H groups in total. The maximum atomic E-state index is 12.0. The molecular weight excluding hydrogens is 214 g/mol. The summed E-state index contributed by atoms with van der Waals surface area (Å²) in [6.45, 7) is 3.76. The SMILES string of the molecule is CC(C)N(CC(N)=O)C(=O)[C@H]1CSCN1. The van der Waals surface area contributed by atoms with Crippen LogP contribution in [0.15, 0.2) is 0 Å². The summed E-state index contributed by atoms with van der Waals surface area (Å²) in [6.07, 6.45) is 0. The number of nitrogens with two attached hydrogens (primary N) is 1. The van der Waals surface area contributed by atoms with Crippen molar-refractivity contribution < 1.29 is 9.59 Å². The molecule has 0 spiro atoms. The first kappa shape index (κ1) is 12.3. The number of nitrogens with one attached hydrogen (secondary N) is 1. The van der Waals surface area contributed by atoms with Crippen molar-refractivity contribution in [2.45, 2.75) is 25.9 Å². The molecule has 86 valence electrons. The molecule has 2 amide bonds. The summed E-state index contributed by atoms with van der Waals surface area (Å²) >= 11 is 1.68. The third-order valence-corrected chi connectivity index (χ3v) is 3.19. The van der Waals surface area contributed by atoms with Crippen molar-refractivity contribution in [2.75, 3.05) is 18.2 Å². The zero-order chi connectivity index (χ0) is 11.4. The Kier molecular flexibility index (Phi) is 4.41. The van der Waals surface area contributed by atoms with Crippen LogP contribution in [0.1, 0.15) is 13.8 Å². The molecule has 1 aliphatic rings. The van der Waals surface area contributed by atoms with Crippen LogP contribution in [0.5, 0.6) is 0 Å². The van der Waals surface area contributed by atoms with Gasteiger partial charge in [0.25, 0.3) is 0 Å². The lowest BCUT2D eigenvalue weighted by atomic mass is 10.2. The second-order valence-corrected chi connectivity index (χ2v) is 4.83. The minimum Gasteiger partial charge on any atom is -0.368 e. The van der Waals surface area contributed by atoms with E-state index in [0.717, 1.165) is 11.6 Å². The van der Waals surface area contributed by atoms with E-state index in [-0.39, 0.29) is 24.5 Å². The van der Waals surface area contributed by atoms with Crippen LogP contribution in [-0.4, -0.2) is 47.0 Å². The smallest absolute Gasteiger partial charge is 0.241 e. The predicted molar refractivity (Wildman–Crippen MR) is 60.3 cm³/mol. The Labute approximate surface area is 93.7 Å². The lowest BCUT2D eigenvalue weighted by molar-refractivity contribution is -0.138. The normalized spacial score (nSPS) is 20.6. The fraction of sp³-hybridized carbons (Fsp3) is 0.778. The molecule has 0 radical (unpaired) electrons. The third kappa shape index (κ3) is 3.39. The number of amides is 2. The first-order valence-electron chi connectivity index (χ1n) is 4.92. The number of carbonyl (C=O) groups excluding carboxylic acids is 2. The lowest BCUT2D eigenvalue weighted by Gasteiger charge is -2.27. The molecule has 1 fully saturated rings. The molecule has 1 aliphatic heterocycles. The minimum absolute atomic E-state index is 0.000648. The monoisotopic (exact) mass is 231 g/mol. The lowest BCUT2D eigenvalue weighted by Crippen LogP contribution is -2.50. The number of hydrogen-bond acceptors (Lipinski definition) is 4. The van der Waals surface area contributed by atoms with Gasteiger partial charge in [0.1, 0.15) is 0 Å². The molecule has 0 saturated carbocycles. The van der Waals surface area contributed by atoms with E-state index < -0.39 is 5.91 Å². The highest BCUT2D eigenvalue weighted by Crippen LogP contribution is 2.13. The number of carbonyl (C=O) groups is 2. The number of hydrogen-bond donors (Lipinski definition) is 2. The largest absolute Gasteiger partial charge is 0.368 e. The Morgan fingerprint density at radius 3 is 2.67 bits per heavy atom. The average molecular weight is 231 g/mol. The van der Waals surface area contributed by atoms with Gasteiger partial charge in [-0.3, -0.25) is 14.9 Å². The summed E-state index contributed by atoms with van der Waals surface area (Å²) in [7, 11) is 0. The zero-order valence-corrected chi connectivity index (χ0v) is 9.84. The standard InChI is InChI=1S/C9H17N3O2S/c1-6(2)12(3-8(10)13)9(14)7-4-15-5-11-7/h6-7,11H,3-5H2,1-2H3,(H2,10,13)/t7-/m1/s1. The van der Waals surface area contributed by atoms with Crippen LogP contribution in [0.2, 0.25) is 0 Å². The summed E-state index contributed by atoms with van der Waals surface area (Å²) in [5.74, 6) is 1.05. The average Bonchev–Trinajstić information content (AvgIpc) is 2.65. The molecule has 15 heavy (non-hydrogen) atoms. The number of nitrogens with zero attached hydrogens (tertiary/aromatic N) is 1. The van der Waals surface area contributed by atoms with Gasteiger partial charge in [0, 0.05) is 17.7 Å². The Morgan fingerprint density at radius 1 is 1.60 bits per heavy atom. The molecule has 0 unspecified atom stereocenters. The highest BCUT2D eigenvalue weighted by Gasteiger charge is 2.29. The Balaban J connectivity index is 2.61. The zero-order valence-electron chi connectivity index (χ0n) is 9.03. The topological polar surface area (TPSA) is 75.4 Å². The second-order valence-electron chi connectivity index (χ2n) is 3.80. The molecule has 1 rings (SSSR count). The van der Waals surface area contributed by atoms with E-state index in [1.165, 1.54) is 4.90 Å². The molecule has 1 heterocycles. The van der Waals surface area contributed by atoms with Crippen molar-refractivity contribution in [3.05, 3.63) is 0 Å². The molecule has 1 saturated heterocycles. The van der Waals surface area contributed by atoms with E-state index in [1.807, 2.05) is 13.8 Å². The van der Waals surface area contributed by atoms with Gasteiger partial charge in [-0.2, -0.15) is 0 Å². The molecule has 0 aromatic rings. The van der Waals surface area contributed by atoms with Crippen molar-refractivity contribution in [3.63, 3.8) is 0 Å². The second kappa shape index (κ2) is 5.37. The molecule has 0 aromatic carbocycles. The quantitative estimate of drug-likeness (QED) is 0.675. The van der Waals surface area contributed by atoms with Crippen molar-refractivity contribution >= 4 is 23.6 Å².